The summed E-state index contributed by atoms with van der Waals surface area (Å²) in [5.74, 6) is 0.457. The number of nitrogens with one attached hydrogen (secondary N) is 1. The van der Waals surface area contributed by atoms with E-state index in [1.165, 1.54) is 17.4 Å². The first-order valence-electron chi connectivity index (χ1n) is 7.66. The van der Waals surface area contributed by atoms with Gasteiger partial charge in [-0.3, -0.25) is 10.1 Å². The molecule has 0 saturated heterocycles. The Morgan fingerprint density at radius 1 is 1.15 bits per heavy atom. The van der Waals surface area contributed by atoms with Gasteiger partial charge in [0.1, 0.15) is 12.4 Å². The molecule has 1 amide bonds. The van der Waals surface area contributed by atoms with E-state index in [1.807, 2.05) is 24.3 Å². The third-order valence-corrected chi connectivity index (χ3v) is 4.81. The molecule has 0 bridgehead atoms. The minimum atomic E-state index is -0.228. The van der Waals surface area contributed by atoms with Gasteiger partial charge in [0, 0.05) is 33.3 Å². The van der Waals surface area contributed by atoms with Crippen LogP contribution in [0.3, 0.4) is 0 Å². The summed E-state index contributed by atoms with van der Waals surface area (Å²) in [5, 5.41) is 6.20. The van der Waals surface area contributed by atoms with E-state index < -0.39 is 0 Å². The fourth-order valence-electron chi connectivity index (χ4n) is 2.11. The molecule has 1 aromatic heterocycles. The van der Waals surface area contributed by atoms with Crippen molar-refractivity contribution in [3.05, 3.63) is 81.3 Å². The van der Waals surface area contributed by atoms with Crippen LogP contribution in [-0.2, 0) is 11.4 Å². The molecule has 1 heterocycles. The highest BCUT2D eigenvalue weighted by atomic mass is 35.5. The summed E-state index contributed by atoms with van der Waals surface area (Å²) in [6, 6.07) is 12.7. The maximum Gasteiger partial charge on any atom is 0.250 e. The van der Waals surface area contributed by atoms with Gasteiger partial charge in [0.15, 0.2) is 5.13 Å². The molecule has 2 aromatic carbocycles. The van der Waals surface area contributed by atoms with Gasteiger partial charge in [0.05, 0.1) is 0 Å². The molecule has 0 unspecified atom stereocenters. The molecule has 132 valence electrons. The number of hydrogen-bond donors (Lipinski definition) is 1. The van der Waals surface area contributed by atoms with E-state index in [1.54, 1.807) is 35.9 Å². The van der Waals surface area contributed by atoms with Gasteiger partial charge in [-0.05, 0) is 35.9 Å². The highest BCUT2D eigenvalue weighted by Gasteiger charge is 2.06. The van der Waals surface area contributed by atoms with Crippen molar-refractivity contribution < 1.29 is 9.53 Å². The number of thiazole rings is 1. The lowest BCUT2D eigenvalue weighted by atomic mass is 10.2. The van der Waals surface area contributed by atoms with Gasteiger partial charge in [-0.15, -0.1) is 11.3 Å². The van der Waals surface area contributed by atoms with Gasteiger partial charge in [0.25, 0.3) is 0 Å². The number of carbonyl (C=O) groups excluding carboxylic acids is 1. The average molecular weight is 405 g/mol. The Labute approximate surface area is 165 Å². The Morgan fingerprint density at radius 3 is 2.54 bits per heavy atom. The maximum absolute atomic E-state index is 11.8. The summed E-state index contributed by atoms with van der Waals surface area (Å²) >= 11 is 13.6. The number of halogens is 2. The zero-order valence-electron chi connectivity index (χ0n) is 13.5. The molecule has 0 radical (unpaired) electrons. The van der Waals surface area contributed by atoms with E-state index in [9.17, 15) is 4.79 Å². The minimum absolute atomic E-state index is 0.228. The van der Waals surface area contributed by atoms with Crippen molar-refractivity contribution in [3.8, 4) is 5.75 Å². The van der Waals surface area contributed by atoms with E-state index in [0.717, 1.165) is 11.1 Å². The second-order valence-electron chi connectivity index (χ2n) is 5.22. The molecule has 26 heavy (non-hydrogen) atoms. The van der Waals surface area contributed by atoms with Crippen molar-refractivity contribution in [1.82, 2.24) is 4.98 Å². The number of anilines is 1. The first-order valence-corrected chi connectivity index (χ1v) is 9.30. The first-order chi connectivity index (χ1) is 12.6. The van der Waals surface area contributed by atoms with Crippen LogP contribution >= 0.6 is 34.5 Å². The van der Waals surface area contributed by atoms with Crippen LogP contribution in [0.25, 0.3) is 6.08 Å². The topological polar surface area (TPSA) is 51.2 Å². The molecule has 0 aliphatic rings. The molecule has 0 aliphatic heterocycles. The van der Waals surface area contributed by atoms with Gasteiger partial charge < -0.3 is 4.74 Å². The SMILES string of the molecule is O=C(/C=C/c1ccc(OCc2c(Cl)cccc2Cl)cc1)Nc1nccs1. The fourth-order valence-corrected chi connectivity index (χ4v) is 3.14. The third kappa shape index (κ3) is 5.08. The molecule has 0 fully saturated rings. The first kappa shape index (κ1) is 18.5. The second kappa shape index (κ2) is 8.85. The normalized spacial score (nSPS) is 10.8. The summed E-state index contributed by atoms with van der Waals surface area (Å²) in [4.78, 5) is 15.8. The molecule has 3 rings (SSSR count). The molecule has 0 saturated carbocycles. The predicted octanol–water partition coefficient (Wildman–Crippen LogP) is 5.68. The van der Waals surface area contributed by atoms with Gasteiger partial charge >= 0.3 is 0 Å². The number of ether oxygens (including phenoxy) is 1. The quantitative estimate of drug-likeness (QED) is 0.537. The van der Waals surface area contributed by atoms with E-state index in [2.05, 4.69) is 10.3 Å². The molecular weight excluding hydrogens is 391 g/mol. The third-order valence-electron chi connectivity index (χ3n) is 3.41. The second-order valence-corrected chi connectivity index (χ2v) is 6.93. The number of rotatable bonds is 6. The van der Waals surface area contributed by atoms with Crippen LogP contribution in [0.2, 0.25) is 10.0 Å². The van der Waals surface area contributed by atoms with Gasteiger partial charge in [-0.2, -0.15) is 0 Å². The molecule has 3 aromatic rings. The lowest BCUT2D eigenvalue weighted by molar-refractivity contribution is -0.111. The zero-order valence-corrected chi connectivity index (χ0v) is 15.8. The average Bonchev–Trinajstić information content (AvgIpc) is 3.13. The standard InChI is InChI=1S/C19H14Cl2N2O2S/c20-16-2-1-3-17(21)15(16)12-25-14-7-4-13(5-8-14)6-9-18(24)23-19-22-10-11-26-19/h1-11H,12H2,(H,22,23,24)/b9-6+. The molecule has 7 heteroatoms. The lowest BCUT2D eigenvalue weighted by Crippen LogP contribution is -2.06. The van der Waals surface area contributed by atoms with Crippen molar-refractivity contribution in [3.63, 3.8) is 0 Å². The monoisotopic (exact) mass is 404 g/mol. The highest BCUT2D eigenvalue weighted by molar-refractivity contribution is 7.13. The zero-order chi connectivity index (χ0) is 18.4. The van der Waals surface area contributed by atoms with Crippen LogP contribution in [0, 0.1) is 0 Å². The van der Waals surface area contributed by atoms with E-state index in [-0.39, 0.29) is 12.5 Å². The van der Waals surface area contributed by atoms with Crippen molar-refractivity contribution in [1.29, 1.82) is 0 Å². The number of carbonyl (C=O) groups is 1. The van der Waals surface area contributed by atoms with Crippen LogP contribution in [0.5, 0.6) is 5.75 Å². The summed E-state index contributed by atoms with van der Waals surface area (Å²) in [7, 11) is 0. The molecule has 4 nitrogen and oxygen atoms in total. The molecule has 1 N–H and O–H groups in total. The van der Waals surface area contributed by atoms with E-state index in [4.69, 9.17) is 27.9 Å². The predicted molar refractivity (Wildman–Crippen MR) is 107 cm³/mol. The number of aromatic nitrogens is 1. The smallest absolute Gasteiger partial charge is 0.250 e. The van der Waals surface area contributed by atoms with E-state index in [0.29, 0.717) is 20.9 Å². The van der Waals surface area contributed by atoms with Crippen LogP contribution in [0.15, 0.2) is 60.1 Å². The summed E-state index contributed by atoms with van der Waals surface area (Å²) in [6.07, 6.45) is 4.82. The number of amides is 1. The Hall–Kier alpha value is -2.34. The number of nitrogens with zero attached hydrogens (tertiary/aromatic N) is 1. The summed E-state index contributed by atoms with van der Waals surface area (Å²) < 4.78 is 5.73. The Balaban J connectivity index is 1.56. The van der Waals surface area contributed by atoms with Crippen LogP contribution in [0.1, 0.15) is 11.1 Å². The van der Waals surface area contributed by atoms with Gasteiger partial charge in [-0.1, -0.05) is 41.4 Å². The molecule has 0 atom stereocenters. The van der Waals surface area contributed by atoms with Crippen molar-refractivity contribution in [2.75, 3.05) is 5.32 Å². The summed E-state index contributed by atoms with van der Waals surface area (Å²) in [5.41, 5.74) is 1.63. The maximum atomic E-state index is 11.8. The fraction of sp³-hybridized carbons (Fsp3) is 0.0526. The van der Waals surface area contributed by atoms with Gasteiger partial charge in [0.2, 0.25) is 5.91 Å². The summed E-state index contributed by atoms with van der Waals surface area (Å²) in [6.45, 7) is 0.282. The van der Waals surface area contributed by atoms with Crippen LogP contribution in [-0.4, -0.2) is 10.9 Å². The largest absolute Gasteiger partial charge is 0.489 e. The molecule has 0 aliphatic carbocycles. The Bertz CT molecular complexity index is 890. The molecular formula is C19H14Cl2N2O2S. The Kier molecular flexibility index (Phi) is 6.28. The van der Waals surface area contributed by atoms with Crippen molar-refractivity contribution >= 4 is 51.7 Å². The number of hydrogen-bond acceptors (Lipinski definition) is 4. The molecule has 0 spiro atoms. The van der Waals surface area contributed by atoms with Gasteiger partial charge in [-0.25, -0.2) is 4.98 Å². The Morgan fingerprint density at radius 2 is 1.88 bits per heavy atom. The van der Waals surface area contributed by atoms with E-state index >= 15 is 0 Å². The lowest BCUT2D eigenvalue weighted by Gasteiger charge is -2.09. The minimum Gasteiger partial charge on any atom is -0.489 e. The van der Waals surface area contributed by atoms with Crippen molar-refractivity contribution in [2.24, 2.45) is 0 Å². The number of benzene rings is 2. The van der Waals surface area contributed by atoms with Crippen molar-refractivity contribution in [2.45, 2.75) is 6.61 Å². The highest BCUT2D eigenvalue weighted by Crippen LogP contribution is 2.26. The van der Waals surface area contributed by atoms with Crippen LogP contribution in [0.4, 0.5) is 5.13 Å². The van der Waals surface area contributed by atoms with Crippen LogP contribution < -0.4 is 10.1 Å².